The van der Waals surface area contributed by atoms with Crippen molar-refractivity contribution in [1.82, 2.24) is 0 Å². The third-order valence-electron chi connectivity index (χ3n) is 3.12. The molecule has 15 heavy (non-hydrogen) atoms. The molecule has 0 heterocycles. The van der Waals surface area contributed by atoms with Gasteiger partial charge in [-0.05, 0) is 18.8 Å². The molecule has 0 radical (unpaired) electrons. The van der Waals surface area contributed by atoms with Gasteiger partial charge in [-0.1, -0.05) is 19.8 Å². The molecule has 0 amide bonds. The Labute approximate surface area is 89.9 Å². The Morgan fingerprint density at radius 2 is 1.67 bits per heavy atom. The van der Waals surface area contributed by atoms with E-state index in [4.69, 9.17) is 0 Å². The van der Waals surface area contributed by atoms with E-state index in [9.17, 15) is 9.59 Å². The normalized spacial score (nSPS) is 19.1. The lowest BCUT2D eigenvalue weighted by Crippen LogP contribution is -2.51. The standard InChI is InChI=1S/C11H18O4/c1-4-5-8-6-11(7-8,9(12)14-2)10(13)15-3/h8H,4-7H2,1-3H3. The highest BCUT2D eigenvalue weighted by molar-refractivity contribution is 6.01. The van der Waals surface area contributed by atoms with Crippen LogP contribution in [-0.2, 0) is 19.1 Å². The van der Waals surface area contributed by atoms with E-state index in [0.717, 1.165) is 12.8 Å². The van der Waals surface area contributed by atoms with E-state index in [1.54, 1.807) is 0 Å². The highest BCUT2D eigenvalue weighted by Crippen LogP contribution is 2.49. The number of rotatable bonds is 4. The molecule has 0 aromatic heterocycles. The topological polar surface area (TPSA) is 52.6 Å². The van der Waals surface area contributed by atoms with Gasteiger partial charge < -0.3 is 9.47 Å². The maximum absolute atomic E-state index is 11.5. The first-order valence-corrected chi connectivity index (χ1v) is 5.27. The molecule has 0 aromatic rings. The molecule has 1 aliphatic carbocycles. The number of methoxy groups -OCH3 is 2. The van der Waals surface area contributed by atoms with Gasteiger partial charge in [-0.3, -0.25) is 9.59 Å². The van der Waals surface area contributed by atoms with Gasteiger partial charge in [-0.2, -0.15) is 0 Å². The summed E-state index contributed by atoms with van der Waals surface area (Å²) in [5, 5.41) is 0. The van der Waals surface area contributed by atoms with Crippen LogP contribution in [0, 0.1) is 11.3 Å². The molecule has 0 spiro atoms. The average Bonchev–Trinajstić information content (AvgIpc) is 2.20. The van der Waals surface area contributed by atoms with Gasteiger partial charge in [-0.25, -0.2) is 0 Å². The zero-order chi connectivity index (χ0) is 11.5. The van der Waals surface area contributed by atoms with Crippen molar-refractivity contribution in [1.29, 1.82) is 0 Å². The summed E-state index contributed by atoms with van der Waals surface area (Å²) in [6, 6.07) is 0. The maximum Gasteiger partial charge on any atom is 0.323 e. The Balaban J connectivity index is 2.67. The third-order valence-corrected chi connectivity index (χ3v) is 3.12. The minimum Gasteiger partial charge on any atom is -0.468 e. The molecule has 0 atom stereocenters. The van der Waals surface area contributed by atoms with Gasteiger partial charge in [0.05, 0.1) is 14.2 Å². The minimum absolute atomic E-state index is 0.452. The van der Waals surface area contributed by atoms with Crippen molar-refractivity contribution in [3.05, 3.63) is 0 Å². The fourth-order valence-electron chi connectivity index (χ4n) is 2.35. The van der Waals surface area contributed by atoms with Crippen molar-refractivity contribution < 1.29 is 19.1 Å². The largest absolute Gasteiger partial charge is 0.468 e. The minimum atomic E-state index is -1.01. The fraction of sp³-hybridized carbons (Fsp3) is 0.818. The van der Waals surface area contributed by atoms with Crippen molar-refractivity contribution in [2.45, 2.75) is 32.6 Å². The van der Waals surface area contributed by atoms with E-state index >= 15 is 0 Å². The summed E-state index contributed by atoms with van der Waals surface area (Å²) in [7, 11) is 2.61. The second-order valence-corrected chi connectivity index (χ2v) is 4.13. The second-order valence-electron chi connectivity index (χ2n) is 4.13. The zero-order valence-corrected chi connectivity index (χ0v) is 9.54. The van der Waals surface area contributed by atoms with Crippen molar-refractivity contribution in [3.8, 4) is 0 Å². The number of carbonyl (C=O) groups excluding carboxylic acids is 2. The molecule has 0 unspecified atom stereocenters. The summed E-state index contributed by atoms with van der Waals surface area (Å²) >= 11 is 0. The molecule has 0 aliphatic heterocycles. The first-order chi connectivity index (χ1) is 7.10. The van der Waals surface area contributed by atoms with Gasteiger partial charge in [0.15, 0.2) is 5.41 Å². The molecule has 1 saturated carbocycles. The molecule has 86 valence electrons. The van der Waals surface area contributed by atoms with Crippen LogP contribution in [0.25, 0.3) is 0 Å². The molecule has 1 aliphatic rings. The molecular weight excluding hydrogens is 196 g/mol. The SMILES string of the molecule is CCCC1CC(C(=O)OC)(C(=O)OC)C1. The van der Waals surface area contributed by atoms with Crippen LogP contribution in [0.1, 0.15) is 32.6 Å². The summed E-state index contributed by atoms with van der Waals surface area (Å²) in [5.74, 6) is -0.461. The third kappa shape index (κ3) is 1.98. The average molecular weight is 214 g/mol. The van der Waals surface area contributed by atoms with Crippen LogP contribution in [-0.4, -0.2) is 26.2 Å². The first kappa shape index (κ1) is 12.0. The molecule has 0 bridgehead atoms. The zero-order valence-electron chi connectivity index (χ0n) is 9.54. The Kier molecular flexibility index (Phi) is 3.72. The Morgan fingerprint density at radius 3 is 2.00 bits per heavy atom. The molecule has 4 heteroatoms. The number of carbonyl (C=O) groups is 2. The van der Waals surface area contributed by atoms with Crippen LogP contribution in [0.15, 0.2) is 0 Å². The van der Waals surface area contributed by atoms with Gasteiger partial charge >= 0.3 is 11.9 Å². The summed E-state index contributed by atoms with van der Waals surface area (Å²) in [6.45, 7) is 2.09. The van der Waals surface area contributed by atoms with E-state index in [1.165, 1.54) is 14.2 Å². The smallest absolute Gasteiger partial charge is 0.323 e. The quantitative estimate of drug-likeness (QED) is 0.526. The second kappa shape index (κ2) is 4.64. The summed E-state index contributed by atoms with van der Waals surface area (Å²) in [4.78, 5) is 23.1. The van der Waals surface area contributed by atoms with E-state index in [2.05, 4.69) is 16.4 Å². The molecule has 0 N–H and O–H groups in total. The van der Waals surface area contributed by atoms with Gasteiger partial charge in [0.2, 0.25) is 0 Å². The maximum atomic E-state index is 11.5. The van der Waals surface area contributed by atoms with Crippen LogP contribution >= 0.6 is 0 Å². The van der Waals surface area contributed by atoms with Crippen molar-refractivity contribution in [3.63, 3.8) is 0 Å². The lowest BCUT2D eigenvalue weighted by molar-refractivity contribution is -0.180. The van der Waals surface area contributed by atoms with E-state index < -0.39 is 17.4 Å². The molecule has 0 saturated heterocycles. The first-order valence-electron chi connectivity index (χ1n) is 5.27. The van der Waals surface area contributed by atoms with E-state index in [1.807, 2.05) is 0 Å². The number of esters is 2. The van der Waals surface area contributed by atoms with Crippen LogP contribution in [0.4, 0.5) is 0 Å². The van der Waals surface area contributed by atoms with Gasteiger partial charge in [0.1, 0.15) is 0 Å². The number of ether oxygens (including phenoxy) is 2. The summed E-state index contributed by atoms with van der Waals surface area (Å²) in [6.07, 6.45) is 3.26. The van der Waals surface area contributed by atoms with Crippen molar-refractivity contribution in [2.24, 2.45) is 11.3 Å². The van der Waals surface area contributed by atoms with E-state index in [-0.39, 0.29) is 0 Å². The van der Waals surface area contributed by atoms with Crippen LogP contribution in [0.5, 0.6) is 0 Å². The fourth-order valence-corrected chi connectivity index (χ4v) is 2.35. The predicted molar refractivity (Wildman–Crippen MR) is 54.1 cm³/mol. The number of hydrogen-bond acceptors (Lipinski definition) is 4. The lowest BCUT2D eigenvalue weighted by atomic mass is 9.60. The summed E-state index contributed by atoms with van der Waals surface area (Å²) in [5.41, 5.74) is -1.01. The van der Waals surface area contributed by atoms with Gasteiger partial charge in [0, 0.05) is 0 Å². The molecule has 4 nitrogen and oxygen atoms in total. The van der Waals surface area contributed by atoms with Crippen molar-refractivity contribution >= 4 is 11.9 Å². The molecular formula is C11H18O4. The Hall–Kier alpha value is -1.06. The monoisotopic (exact) mass is 214 g/mol. The molecule has 1 fully saturated rings. The molecule has 1 rings (SSSR count). The van der Waals surface area contributed by atoms with Crippen LogP contribution < -0.4 is 0 Å². The van der Waals surface area contributed by atoms with Crippen LogP contribution in [0.2, 0.25) is 0 Å². The van der Waals surface area contributed by atoms with Gasteiger partial charge in [0.25, 0.3) is 0 Å². The highest BCUT2D eigenvalue weighted by atomic mass is 16.5. The number of hydrogen-bond donors (Lipinski definition) is 0. The Bertz CT molecular complexity index is 235. The predicted octanol–water partition coefficient (Wildman–Crippen LogP) is 1.53. The Morgan fingerprint density at radius 1 is 1.20 bits per heavy atom. The van der Waals surface area contributed by atoms with E-state index in [0.29, 0.717) is 18.8 Å². The van der Waals surface area contributed by atoms with Crippen molar-refractivity contribution in [2.75, 3.05) is 14.2 Å². The summed E-state index contributed by atoms with van der Waals surface area (Å²) < 4.78 is 9.33. The highest BCUT2D eigenvalue weighted by Gasteiger charge is 2.57. The van der Waals surface area contributed by atoms with Gasteiger partial charge in [-0.15, -0.1) is 0 Å². The van der Waals surface area contributed by atoms with Crippen LogP contribution in [0.3, 0.4) is 0 Å². The lowest BCUT2D eigenvalue weighted by Gasteiger charge is -2.42. The molecule has 0 aromatic carbocycles.